The normalized spacial score (nSPS) is 14.5. The Labute approximate surface area is 116 Å². The second-order valence-electron chi connectivity index (χ2n) is 4.64. The molecule has 0 saturated heterocycles. The van der Waals surface area contributed by atoms with E-state index in [1.807, 2.05) is 30.9 Å². The Morgan fingerprint density at radius 2 is 2.30 bits per heavy atom. The molecule has 0 fully saturated rings. The summed E-state index contributed by atoms with van der Waals surface area (Å²) in [5.74, 6) is 1.41. The van der Waals surface area contributed by atoms with E-state index in [0.717, 1.165) is 30.1 Å². The van der Waals surface area contributed by atoms with Crippen LogP contribution < -0.4 is 5.53 Å². The van der Waals surface area contributed by atoms with Crippen LogP contribution in [0.25, 0.3) is 5.43 Å². The lowest BCUT2D eigenvalue weighted by molar-refractivity contribution is 0.235. The van der Waals surface area contributed by atoms with E-state index < -0.39 is 0 Å². The van der Waals surface area contributed by atoms with Crippen LogP contribution >= 0.6 is 0 Å². The molecule has 1 aliphatic heterocycles. The van der Waals surface area contributed by atoms with Gasteiger partial charge in [0.25, 0.3) is 0 Å². The van der Waals surface area contributed by atoms with Gasteiger partial charge in [-0.25, -0.2) is 10.5 Å². The Morgan fingerprint density at radius 1 is 1.40 bits per heavy atom. The van der Waals surface area contributed by atoms with E-state index in [9.17, 15) is 0 Å². The van der Waals surface area contributed by atoms with Gasteiger partial charge < -0.3 is 20.1 Å². The van der Waals surface area contributed by atoms with Gasteiger partial charge in [-0.05, 0) is 6.92 Å². The lowest BCUT2D eigenvalue weighted by atomic mass is 10.3. The molecule has 0 aromatic carbocycles. The highest BCUT2D eigenvalue weighted by atomic mass is 16.3. The maximum absolute atomic E-state index is 5.18. The highest BCUT2D eigenvalue weighted by Crippen LogP contribution is 2.09. The van der Waals surface area contributed by atoms with Crippen LogP contribution in [0, 0.1) is 6.92 Å². The third-order valence-electron chi connectivity index (χ3n) is 2.88. The van der Waals surface area contributed by atoms with Crippen LogP contribution in [0.4, 0.5) is 0 Å². The molecule has 0 saturated carbocycles. The maximum atomic E-state index is 5.18. The van der Waals surface area contributed by atoms with Crippen molar-refractivity contribution in [2.75, 3.05) is 0 Å². The van der Waals surface area contributed by atoms with E-state index in [1.165, 1.54) is 0 Å². The van der Waals surface area contributed by atoms with Crippen molar-refractivity contribution in [1.82, 2.24) is 25.4 Å². The third-order valence-corrected chi connectivity index (χ3v) is 2.88. The first-order valence-electron chi connectivity index (χ1n) is 6.40. The number of rotatable bonds is 5. The fourth-order valence-electron chi connectivity index (χ4n) is 1.96. The Kier molecular flexibility index (Phi) is 3.38. The van der Waals surface area contributed by atoms with Gasteiger partial charge in [0.15, 0.2) is 5.89 Å². The van der Waals surface area contributed by atoms with Crippen molar-refractivity contribution < 1.29 is 4.42 Å². The Hall–Kier alpha value is -2.35. The van der Waals surface area contributed by atoms with Gasteiger partial charge in [-0.3, -0.25) is 4.68 Å². The van der Waals surface area contributed by atoms with Gasteiger partial charge in [0.1, 0.15) is 6.26 Å². The molecule has 1 aliphatic rings. The molecular formula is C12H16N7O-. The Bertz CT molecular complexity index is 615. The molecule has 3 heterocycles. The minimum Gasteiger partial charge on any atom is -0.449 e. The molecule has 0 aliphatic carbocycles. The number of aromatic nitrogens is 3. The first-order chi connectivity index (χ1) is 9.69. The van der Waals surface area contributed by atoms with Crippen LogP contribution in [0.15, 0.2) is 28.2 Å². The topological polar surface area (TPSA) is 85.6 Å². The predicted molar refractivity (Wildman–Crippen MR) is 72.3 cm³/mol. The molecule has 106 valence electrons. The lowest BCUT2D eigenvalue weighted by Crippen LogP contribution is -2.24. The number of oxazole rings is 1. The van der Waals surface area contributed by atoms with Crippen molar-refractivity contribution in [3.8, 4) is 0 Å². The number of hydrazine groups is 1. The minimum absolute atomic E-state index is 0.629. The van der Waals surface area contributed by atoms with E-state index >= 15 is 0 Å². The molecule has 0 spiro atoms. The zero-order valence-electron chi connectivity index (χ0n) is 11.4. The number of hydrogen-bond donors (Lipinski definition) is 1. The number of amidine groups is 1. The highest BCUT2D eigenvalue weighted by molar-refractivity contribution is 5.91. The van der Waals surface area contributed by atoms with Crippen molar-refractivity contribution in [1.29, 1.82) is 0 Å². The van der Waals surface area contributed by atoms with Crippen molar-refractivity contribution in [3.05, 3.63) is 41.2 Å². The average molecular weight is 274 g/mol. The molecular weight excluding hydrogens is 258 g/mol. The molecule has 0 bridgehead atoms. The fraction of sp³-hybridized carbons (Fsp3) is 0.417. The molecule has 0 amide bonds. The van der Waals surface area contributed by atoms with Gasteiger partial charge in [0.2, 0.25) is 0 Å². The molecule has 8 heteroatoms. The van der Waals surface area contributed by atoms with Crippen LogP contribution in [0.3, 0.4) is 0 Å². The van der Waals surface area contributed by atoms with E-state index in [4.69, 9.17) is 4.42 Å². The smallest absolute Gasteiger partial charge is 0.191 e. The summed E-state index contributed by atoms with van der Waals surface area (Å²) < 4.78 is 7.07. The van der Waals surface area contributed by atoms with Gasteiger partial charge in [-0.2, -0.15) is 5.10 Å². The molecule has 0 unspecified atom stereocenters. The standard InChI is InChI=1S/C12H16N7O/c1-9-15-17-19(16-9)7-11-5-13-18(6-11)4-3-12-8-20-10(2)14-12/h5-6,8,17H,3-4,7H2,1-2H3/q-1. The van der Waals surface area contributed by atoms with Gasteiger partial charge in [0.05, 0.1) is 18.4 Å². The average Bonchev–Trinajstić information content (AvgIpc) is 3.11. The van der Waals surface area contributed by atoms with Crippen LogP contribution in [0.2, 0.25) is 0 Å². The monoisotopic (exact) mass is 274 g/mol. The van der Waals surface area contributed by atoms with Gasteiger partial charge in [-0.15, -0.1) is 0 Å². The van der Waals surface area contributed by atoms with Crippen molar-refractivity contribution >= 4 is 5.84 Å². The quantitative estimate of drug-likeness (QED) is 0.889. The predicted octanol–water partition coefficient (Wildman–Crippen LogP) is 1.36. The number of aryl methyl sites for hydroxylation is 3. The zero-order valence-corrected chi connectivity index (χ0v) is 11.4. The molecule has 3 rings (SSSR count). The molecule has 0 radical (unpaired) electrons. The van der Waals surface area contributed by atoms with E-state index in [1.54, 1.807) is 11.4 Å². The molecule has 20 heavy (non-hydrogen) atoms. The highest BCUT2D eigenvalue weighted by Gasteiger charge is 2.05. The van der Waals surface area contributed by atoms with E-state index in [0.29, 0.717) is 12.4 Å². The van der Waals surface area contributed by atoms with E-state index in [2.05, 4.69) is 26.1 Å². The summed E-state index contributed by atoms with van der Waals surface area (Å²) in [4.78, 5) is 4.27. The molecule has 8 nitrogen and oxygen atoms in total. The number of hydrazone groups is 1. The summed E-state index contributed by atoms with van der Waals surface area (Å²) in [6.07, 6.45) is 6.32. The summed E-state index contributed by atoms with van der Waals surface area (Å²) >= 11 is 0. The van der Waals surface area contributed by atoms with Crippen LogP contribution in [-0.2, 0) is 19.5 Å². The van der Waals surface area contributed by atoms with Crippen LogP contribution in [0.1, 0.15) is 24.1 Å². The second kappa shape index (κ2) is 5.33. The van der Waals surface area contributed by atoms with Gasteiger partial charge in [-0.1, -0.05) is 5.84 Å². The van der Waals surface area contributed by atoms with Crippen molar-refractivity contribution in [2.24, 2.45) is 5.10 Å². The van der Waals surface area contributed by atoms with Crippen molar-refractivity contribution in [2.45, 2.75) is 33.4 Å². The first kappa shape index (κ1) is 12.7. The molecule has 2 aromatic heterocycles. The van der Waals surface area contributed by atoms with Crippen LogP contribution in [-0.4, -0.2) is 25.7 Å². The summed E-state index contributed by atoms with van der Waals surface area (Å²) in [7, 11) is 0. The summed E-state index contributed by atoms with van der Waals surface area (Å²) in [6, 6.07) is 0. The SMILES string of the molecule is CC1=NN(Cc2cnn(CCc3coc(C)n3)c2)N[N-]1. The van der Waals surface area contributed by atoms with Gasteiger partial charge >= 0.3 is 0 Å². The van der Waals surface area contributed by atoms with E-state index in [-0.39, 0.29) is 0 Å². The van der Waals surface area contributed by atoms with Gasteiger partial charge in [0, 0.05) is 31.6 Å². The first-order valence-corrected chi connectivity index (χ1v) is 6.40. The summed E-state index contributed by atoms with van der Waals surface area (Å²) in [6.45, 7) is 5.08. The summed E-state index contributed by atoms with van der Waals surface area (Å²) in [5, 5.41) is 10.2. The van der Waals surface area contributed by atoms with Crippen molar-refractivity contribution in [3.63, 3.8) is 0 Å². The minimum atomic E-state index is 0.629. The molecule has 1 N–H and O–H groups in total. The molecule has 2 aromatic rings. The second-order valence-corrected chi connectivity index (χ2v) is 4.64. The fourth-order valence-corrected chi connectivity index (χ4v) is 1.96. The number of nitrogens with zero attached hydrogens (tertiary/aromatic N) is 6. The Morgan fingerprint density at radius 3 is 3.00 bits per heavy atom. The largest absolute Gasteiger partial charge is 0.449 e. The molecule has 0 atom stereocenters. The summed E-state index contributed by atoms with van der Waals surface area (Å²) in [5.41, 5.74) is 8.81. The zero-order chi connectivity index (χ0) is 13.9. The van der Waals surface area contributed by atoms with Crippen LogP contribution in [0.5, 0.6) is 0 Å². The maximum Gasteiger partial charge on any atom is 0.191 e. The third kappa shape index (κ3) is 2.97. The number of nitrogens with one attached hydrogen (secondary N) is 1. The lowest BCUT2D eigenvalue weighted by Gasteiger charge is -2.19. The number of hydrogen-bond acceptors (Lipinski definition) is 6. The Balaban J connectivity index is 1.54.